The highest BCUT2D eigenvalue weighted by atomic mass is 16.1. The fourth-order valence-corrected chi connectivity index (χ4v) is 2.98. The highest BCUT2D eigenvalue weighted by Crippen LogP contribution is 2.32. The summed E-state index contributed by atoms with van der Waals surface area (Å²) in [5, 5.41) is 6.58. The maximum absolute atomic E-state index is 11.6. The summed E-state index contributed by atoms with van der Waals surface area (Å²) in [6.07, 6.45) is 5.75. The lowest BCUT2D eigenvalue weighted by molar-refractivity contribution is -0.122. The molecule has 0 aromatic heterocycles. The van der Waals surface area contributed by atoms with Crippen LogP contribution >= 0.6 is 0 Å². The lowest BCUT2D eigenvalue weighted by Gasteiger charge is -2.28. The molecule has 2 heterocycles. The van der Waals surface area contributed by atoms with E-state index in [4.69, 9.17) is 0 Å². The van der Waals surface area contributed by atoms with Gasteiger partial charge in [-0.1, -0.05) is 0 Å². The van der Waals surface area contributed by atoms with Crippen molar-refractivity contribution in [2.75, 3.05) is 0 Å². The maximum atomic E-state index is 11.6. The quantitative estimate of drug-likeness (QED) is 0.740. The molecule has 2 aliphatic heterocycles. The molecule has 2 fully saturated rings. The van der Waals surface area contributed by atoms with Crippen LogP contribution in [0.1, 0.15) is 46.0 Å². The van der Waals surface area contributed by atoms with Crippen LogP contribution in [0.4, 0.5) is 0 Å². The van der Waals surface area contributed by atoms with E-state index in [0.29, 0.717) is 18.0 Å². The van der Waals surface area contributed by atoms with Gasteiger partial charge in [-0.2, -0.15) is 0 Å². The molecule has 15 heavy (non-hydrogen) atoms. The van der Waals surface area contributed by atoms with Gasteiger partial charge in [-0.3, -0.25) is 4.79 Å². The van der Waals surface area contributed by atoms with Gasteiger partial charge in [0.25, 0.3) is 0 Å². The predicted molar refractivity (Wildman–Crippen MR) is 60.6 cm³/mol. The summed E-state index contributed by atoms with van der Waals surface area (Å²) < 4.78 is 0. The molecule has 2 atom stereocenters. The molecule has 2 saturated heterocycles. The number of fused-ring (bicyclic) bond motifs is 2. The second-order valence-corrected chi connectivity index (χ2v) is 5.40. The average molecular weight is 210 g/mol. The van der Waals surface area contributed by atoms with E-state index in [9.17, 15) is 4.79 Å². The molecule has 0 aliphatic carbocycles. The third-order valence-electron chi connectivity index (χ3n) is 3.49. The van der Waals surface area contributed by atoms with Crippen molar-refractivity contribution in [3.8, 4) is 0 Å². The summed E-state index contributed by atoms with van der Waals surface area (Å²) in [7, 11) is 0. The Balaban J connectivity index is 1.78. The highest BCUT2D eigenvalue weighted by Gasteiger charge is 2.34. The molecule has 3 heteroatoms. The number of piperidine rings is 1. The number of rotatable bonds is 3. The van der Waals surface area contributed by atoms with Crippen LogP contribution in [-0.2, 0) is 4.79 Å². The molecule has 0 radical (unpaired) electrons. The molecule has 0 aromatic carbocycles. The van der Waals surface area contributed by atoms with Gasteiger partial charge in [0, 0.05) is 24.5 Å². The monoisotopic (exact) mass is 210 g/mol. The summed E-state index contributed by atoms with van der Waals surface area (Å²) in [4.78, 5) is 11.6. The standard InChI is InChI=1S/C12H22N2O/c1-8(2)13-12(15)7-9-5-10-3-4-11(6-9)14-10/h8-11,14H,3-7H2,1-2H3,(H,13,15). The molecule has 2 rings (SSSR count). The Morgan fingerprint density at radius 3 is 2.47 bits per heavy atom. The van der Waals surface area contributed by atoms with Crippen LogP contribution in [0.2, 0.25) is 0 Å². The van der Waals surface area contributed by atoms with E-state index in [2.05, 4.69) is 10.6 Å². The van der Waals surface area contributed by atoms with Crippen LogP contribution in [0.5, 0.6) is 0 Å². The van der Waals surface area contributed by atoms with Crippen molar-refractivity contribution in [1.82, 2.24) is 10.6 Å². The lowest BCUT2D eigenvalue weighted by Crippen LogP contribution is -2.40. The first-order chi connectivity index (χ1) is 7.13. The first kappa shape index (κ1) is 10.9. The van der Waals surface area contributed by atoms with Crippen molar-refractivity contribution in [2.45, 2.75) is 64.1 Å². The Morgan fingerprint density at radius 1 is 1.33 bits per heavy atom. The number of amides is 1. The van der Waals surface area contributed by atoms with Crippen LogP contribution in [0.15, 0.2) is 0 Å². The van der Waals surface area contributed by atoms with Crippen molar-refractivity contribution < 1.29 is 4.79 Å². The van der Waals surface area contributed by atoms with Crippen molar-refractivity contribution in [1.29, 1.82) is 0 Å². The Morgan fingerprint density at radius 2 is 1.93 bits per heavy atom. The molecule has 0 saturated carbocycles. The fraction of sp³-hybridized carbons (Fsp3) is 0.917. The van der Waals surface area contributed by atoms with Crippen molar-refractivity contribution >= 4 is 5.91 Å². The van der Waals surface area contributed by atoms with Crippen molar-refractivity contribution in [3.63, 3.8) is 0 Å². The number of nitrogens with one attached hydrogen (secondary N) is 2. The first-order valence-corrected chi connectivity index (χ1v) is 6.19. The Labute approximate surface area is 92.0 Å². The molecular formula is C12H22N2O. The van der Waals surface area contributed by atoms with Gasteiger partial charge in [0.05, 0.1) is 0 Å². The van der Waals surface area contributed by atoms with Gasteiger partial charge in [0.2, 0.25) is 5.91 Å². The van der Waals surface area contributed by atoms with Crippen molar-refractivity contribution in [2.24, 2.45) is 5.92 Å². The van der Waals surface area contributed by atoms with Gasteiger partial charge < -0.3 is 10.6 Å². The molecule has 0 aromatic rings. The second kappa shape index (κ2) is 4.52. The van der Waals surface area contributed by atoms with Crippen LogP contribution < -0.4 is 10.6 Å². The molecule has 0 spiro atoms. The lowest BCUT2D eigenvalue weighted by atomic mass is 9.89. The van der Waals surface area contributed by atoms with E-state index in [-0.39, 0.29) is 11.9 Å². The first-order valence-electron chi connectivity index (χ1n) is 6.19. The molecule has 2 N–H and O–H groups in total. The minimum Gasteiger partial charge on any atom is -0.354 e. The third-order valence-corrected chi connectivity index (χ3v) is 3.49. The van der Waals surface area contributed by atoms with E-state index in [1.807, 2.05) is 13.8 Å². The van der Waals surface area contributed by atoms with E-state index in [0.717, 1.165) is 6.42 Å². The second-order valence-electron chi connectivity index (χ2n) is 5.40. The molecule has 2 aliphatic rings. The van der Waals surface area contributed by atoms with Gasteiger partial charge in [-0.25, -0.2) is 0 Å². The van der Waals surface area contributed by atoms with Crippen molar-refractivity contribution in [3.05, 3.63) is 0 Å². The minimum absolute atomic E-state index is 0.233. The van der Waals surface area contributed by atoms with Gasteiger partial charge in [0.1, 0.15) is 0 Å². The van der Waals surface area contributed by atoms with Gasteiger partial charge in [-0.15, -0.1) is 0 Å². The highest BCUT2D eigenvalue weighted by molar-refractivity contribution is 5.76. The zero-order valence-corrected chi connectivity index (χ0v) is 9.75. The SMILES string of the molecule is CC(C)NC(=O)CC1CC2CCC(C1)N2. The summed E-state index contributed by atoms with van der Waals surface area (Å²) in [5.74, 6) is 0.846. The van der Waals surface area contributed by atoms with Crippen LogP contribution in [0, 0.1) is 5.92 Å². The Bertz CT molecular complexity index is 228. The number of hydrogen-bond donors (Lipinski definition) is 2. The normalized spacial score (nSPS) is 34.5. The summed E-state index contributed by atoms with van der Waals surface area (Å²) in [6, 6.07) is 1.66. The Hall–Kier alpha value is -0.570. The smallest absolute Gasteiger partial charge is 0.220 e. The molecule has 2 unspecified atom stereocenters. The van der Waals surface area contributed by atoms with Gasteiger partial charge in [-0.05, 0) is 45.4 Å². The topological polar surface area (TPSA) is 41.1 Å². The summed E-state index contributed by atoms with van der Waals surface area (Å²) in [6.45, 7) is 4.04. The van der Waals surface area contributed by atoms with Crippen LogP contribution in [0.3, 0.4) is 0 Å². The number of carbonyl (C=O) groups excluding carboxylic acids is 1. The Kier molecular flexibility index (Phi) is 3.29. The summed E-state index contributed by atoms with van der Waals surface area (Å²) in [5.41, 5.74) is 0. The number of hydrogen-bond acceptors (Lipinski definition) is 2. The van der Waals surface area contributed by atoms with E-state index >= 15 is 0 Å². The largest absolute Gasteiger partial charge is 0.354 e. The number of carbonyl (C=O) groups is 1. The van der Waals surface area contributed by atoms with E-state index in [1.54, 1.807) is 0 Å². The zero-order chi connectivity index (χ0) is 10.8. The van der Waals surface area contributed by atoms with Gasteiger partial charge >= 0.3 is 0 Å². The molecule has 2 bridgehead atoms. The summed E-state index contributed by atoms with van der Waals surface area (Å²) >= 11 is 0. The minimum atomic E-state index is 0.233. The molecular weight excluding hydrogens is 188 g/mol. The predicted octanol–water partition coefficient (Wildman–Crippen LogP) is 1.43. The van der Waals surface area contributed by atoms with Gasteiger partial charge in [0.15, 0.2) is 0 Å². The van der Waals surface area contributed by atoms with E-state index in [1.165, 1.54) is 25.7 Å². The fourth-order valence-electron chi connectivity index (χ4n) is 2.98. The molecule has 1 amide bonds. The zero-order valence-electron chi connectivity index (χ0n) is 9.75. The maximum Gasteiger partial charge on any atom is 0.220 e. The van der Waals surface area contributed by atoms with Crippen LogP contribution in [0.25, 0.3) is 0 Å². The average Bonchev–Trinajstić information content (AvgIpc) is 2.44. The molecule has 3 nitrogen and oxygen atoms in total. The van der Waals surface area contributed by atoms with E-state index < -0.39 is 0 Å². The van der Waals surface area contributed by atoms with Crippen LogP contribution in [-0.4, -0.2) is 24.0 Å². The third kappa shape index (κ3) is 2.94. The molecule has 86 valence electrons.